The van der Waals surface area contributed by atoms with E-state index in [4.69, 9.17) is 0 Å². The molecular weight excluding hydrogens is 448 g/mol. The van der Waals surface area contributed by atoms with Gasteiger partial charge in [-0.05, 0) is 63.9 Å². The summed E-state index contributed by atoms with van der Waals surface area (Å²) in [6.07, 6.45) is 19.1. The van der Waals surface area contributed by atoms with Crippen LogP contribution in [0.2, 0.25) is 0 Å². The van der Waals surface area contributed by atoms with Crippen molar-refractivity contribution in [1.82, 2.24) is 9.88 Å². The summed E-state index contributed by atoms with van der Waals surface area (Å²) in [5.41, 5.74) is 11.4. The van der Waals surface area contributed by atoms with Crippen LogP contribution in [0.15, 0.2) is 127 Å². The van der Waals surface area contributed by atoms with Gasteiger partial charge in [-0.25, -0.2) is 0 Å². The monoisotopic (exact) mass is 478 g/mol. The van der Waals surface area contributed by atoms with E-state index in [1.54, 1.807) is 0 Å². The van der Waals surface area contributed by atoms with Crippen LogP contribution in [0, 0.1) is 0 Å². The van der Waals surface area contributed by atoms with Gasteiger partial charge in [-0.15, -0.1) is 0 Å². The Morgan fingerprint density at radius 2 is 1.70 bits per heavy atom. The van der Waals surface area contributed by atoms with E-state index in [2.05, 4.69) is 121 Å². The van der Waals surface area contributed by atoms with Crippen LogP contribution in [-0.4, -0.2) is 4.57 Å². The zero-order valence-corrected chi connectivity index (χ0v) is 21.4. The molecule has 0 spiro atoms. The molecular formula is C35H30N2. The normalized spacial score (nSPS) is 19.7. The Hall–Kier alpha value is -4.30. The number of allylic oxidation sites excluding steroid dienone is 9. The number of nitrogens with one attached hydrogen (secondary N) is 1. The summed E-state index contributed by atoms with van der Waals surface area (Å²) in [5, 5.41) is 7.41. The highest BCUT2D eigenvalue weighted by molar-refractivity contribution is 6.13. The molecule has 0 amide bonds. The SMILES string of the molecule is C=C1/C=C\C=C/CC2=C(C=CCC(n3ccc4ccc5c6c(ccc5c43)C(C)(C)c3ccccc3-6)=C2)N1. The van der Waals surface area contributed by atoms with E-state index in [0.717, 1.165) is 24.2 Å². The van der Waals surface area contributed by atoms with Gasteiger partial charge in [-0.2, -0.15) is 0 Å². The first-order valence-corrected chi connectivity index (χ1v) is 13.1. The Balaban J connectivity index is 1.45. The molecule has 2 heterocycles. The van der Waals surface area contributed by atoms with Gasteiger partial charge in [0.25, 0.3) is 0 Å². The fourth-order valence-electron chi connectivity index (χ4n) is 6.34. The molecule has 7 rings (SSSR count). The maximum Gasteiger partial charge on any atom is 0.0603 e. The summed E-state index contributed by atoms with van der Waals surface area (Å²) >= 11 is 0. The Morgan fingerprint density at radius 1 is 0.838 bits per heavy atom. The Labute approximate surface area is 218 Å². The molecule has 180 valence electrons. The van der Waals surface area contributed by atoms with Crippen molar-refractivity contribution in [2.24, 2.45) is 0 Å². The zero-order valence-electron chi connectivity index (χ0n) is 21.4. The first kappa shape index (κ1) is 21.9. The maximum absolute atomic E-state index is 4.15. The molecule has 0 unspecified atom stereocenters. The van der Waals surface area contributed by atoms with Gasteiger partial charge in [-0.3, -0.25) is 0 Å². The van der Waals surface area contributed by atoms with Gasteiger partial charge in [0.05, 0.1) is 5.52 Å². The molecule has 3 aliphatic rings. The average molecular weight is 479 g/mol. The Morgan fingerprint density at radius 3 is 2.62 bits per heavy atom. The molecule has 1 N–H and O–H groups in total. The lowest BCUT2D eigenvalue weighted by Gasteiger charge is -2.21. The zero-order chi connectivity index (χ0) is 25.1. The fraction of sp³-hybridized carbons (Fsp3) is 0.143. The van der Waals surface area contributed by atoms with Gasteiger partial charge >= 0.3 is 0 Å². The average Bonchev–Trinajstić information content (AvgIpc) is 3.38. The van der Waals surface area contributed by atoms with E-state index in [1.165, 1.54) is 55.2 Å². The van der Waals surface area contributed by atoms with E-state index in [-0.39, 0.29) is 5.41 Å². The van der Waals surface area contributed by atoms with Gasteiger partial charge in [0.15, 0.2) is 0 Å². The second kappa shape index (κ2) is 8.11. The van der Waals surface area contributed by atoms with Crippen LogP contribution >= 0.6 is 0 Å². The highest BCUT2D eigenvalue weighted by Crippen LogP contribution is 2.51. The van der Waals surface area contributed by atoms with Crippen LogP contribution < -0.4 is 5.32 Å². The molecule has 0 bridgehead atoms. The molecule has 2 heteroatoms. The minimum absolute atomic E-state index is 0.00482. The van der Waals surface area contributed by atoms with Crippen molar-refractivity contribution in [2.45, 2.75) is 32.1 Å². The standard InChI is InChI=1S/C35H30N2/c1-23-10-5-4-6-11-25-22-26(12-9-15-32(25)36-23)37-21-20-24-16-17-27-28(34(24)37)18-19-31-33(27)29-13-7-8-14-30(29)35(31,2)3/h4-10,13-22,36H,1,11-12H2,2-3H3/b6-4-,10-5-. The number of rotatable bonds is 1. The summed E-state index contributed by atoms with van der Waals surface area (Å²) in [7, 11) is 0. The van der Waals surface area contributed by atoms with Crippen LogP contribution in [0.3, 0.4) is 0 Å². The summed E-state index contributed by atoms with van der Waals surface area (Å²) in [6, 6.07) is 20.5. The number of nitrogens with zero attached hydrogens (tertiary/aromatic N) is 1. The van der Waals surface area contributed by atoms with Crippen molar-refractivity contribution in [3.63, 3.8) is 0 Å². The van der Waals surface area contributed by atoms with Crippen LogP contribution in [0.1, 0.15) is 37.8 Å². The van der Waals surface area contributed by atoms with Crippen molar-refractivity contribution < 1.29 is 0 Å². The van der Waals surface area contributed by atoms with Crippen LogP contribution in [0.25, 0.3) is 38.5 Å². The number of fused-ring (bicyclic) bond motifs is 7. The molecule has 0 saturated heterocycles. The second-order valence-corrected chi connectivity index (χ2v) is 10.8. The summed E-state index contributed by atoms with van der Waals surface area (Å²) < 4.78 is 2.40. The molecule has 0 saturated carbocycles. The largest absolute Gasteiger partial charge is 0.356 e. The van der Waals surface area contributed by atoms with Crippen molar-refractivity contribution in [3.8, 4) is 11.1 Å². The molecule has 37 heavy (non-hydrogen) atoms. The molecule has 2 aliphatic carbocycles. The number of benzene rings is 3. The predicted molar refractivity (Wildman–Crippen MR) is 157 cm³/mol. The molecule has 1 aliphatic heterocycles. The highest BCUT2D eigenvalue weighted by atomic mass is 15.0. The highest BCUT2D eigenvalue weighted by Gasteiger charge is 2.36. The molecule has 2 nitrogen and oxygen atoms in total. The van der Waals surface area contributed by atoms with Gasteiger partial charge < -0.3 is 9.88 Å². The van der Waals surface area contributed by atoms with Crippen molar-refractivity contribution >= 4 is 27.4 Å². The quantitative estimate of drug-likeness (QED) is 0.289. The van der Waals surface area contributed by atoms with Gasteiger partial charge in [0.2, 0.25) is 0 Å². The minimum atomic E-state index is 0.00482. The van der Waals surface area contributed by atoms with E-state index in [1.807, 2.05) is 12.2 Å². The lowest BCUT2D eigenvalue weighted by atomic mass is 9.82. The third-order valence-electron chi connectivity index (χ3n) is 8.18. The van der Waals surface area contributed by atoms with Crippen molar-refractivity contribution in [3.05, 3.63) is 138 Å². The fourth-order valence-corrected chi connectivity index (χ4v) is 6.34. The first-order chi connectivity index (χ1) is 18.0. The number of hydrogen-bond acceptors (Lipinski definition) is 1. The Kier molecular flexibility index (Phi) is 4.81. The van der Waals surface area contributed by atoms with Crippen LogP contribution in [0.5, 0.6) is 0 Å². The summed E-state index contributed by atoms with van der Waals surface area (Å²) in [4.78, 5) is 0. The summed E-state index contributed by atoms with van der Waals surface area (Å²) in [6.45, 7) is 8.85. The molecule has 0 atom stereocenters. The third-order valence-corrected chi connectivity index (χ3v) is 8.18. The van der Waals surface area contributed by atoms with Gasteiger partial charge in [0.1, 0.15) is 0 Å². The van der Waals surface area contributed by atoms with E-state index in [9.17, 15) is 0 Å². The maximum atomic E-state index is 4.15. The van der Waals surface area contributed by atoms with Gasteiger partial charge in [0, 0.05) is 45.9 Å². The molecule has 4 aromatic rings. The molecule has 0 radical (unpaired) electrons. The van der Waals surface area contributed by atoms with E-state index in [0.29, 0.717) is 0 Å². The minimum Gasteiger partial charge on any atom is -0.356 e. The van der Waals surface area contributed by atoms with Gasteiger partial charge in [-0.1, -0.05) is 93.3 Å². The van der Waals surface area contributed by atoms with E-state index < -0.39 is 0 Å². The summed E-state index contributed by atoms with van der Waals surface area (Å²) in [5.74, 6) is 0. The lowest BCUT2D eigenvalue weighted by Crippen LogP contribution is -2.14. The third kappa shape index (κ3) is 3.33. The predicted octanol–water partition coefficient (Wildman–Crippen LogP) is 8.78. The van der Waals surface area contributed by atoms with Crippen molar-refractivity contribution in [2.75, 3.05) is 0 Å². The lowest BCUT2D eigenvalue weighted by molar-refractivity contribution is 0.661. The Bertz CT molecular complexity index is 1780. The van der Waals surface area contributed by atoms with Crippen LogP contribution in [0.4, 0.5) is 0 Å². The second-order valence-electron chi connectivity index (χ2n) is 10.8. The number of hydrogen-bond donors (Lipinski definition) is 1. The van der Waals surface area contributed by atoms with Crippen LogP contribution in [-0.2, 0) is 5.41 Å². The van der Waals surface area contributed by atoms with Crippen molar-refractivity contribution in [1.29, 1.82) is 0 Å². The molecule has 0 fully saturated rings. The van der Waals surface area contributed by atoms with E-state index >= 15 is 0 Å². The topological polar surface area (TPSA) is 17.0 Å². The first-order valence-electron chi connectivity index (χ1n) is 13.1. The molecule has 1 aromatic heterocycles. The smallest absolute Gasteiger partial charge is 0.0603 e. The number of aromatic nitrogens is 1. The molecule has 3 aromatic carbocycles.